The molecule has 0 saturated heterocycles. The van der Waals surface area contributed by atoms with Crippen LogP contribution in [-0.4, -0.2) is 13.7 Å². The van der Waals surface area contributed by atoms with Crippen molar-refractivity contribution in [3.8, 4) is 11.5 Å². The van der Waals surface area contributed by atoms with Crippen LogP contribution in [0.5, 0.6) is 11.5 Å². The molecule has 0 amide bonds. The van der Waals surface area contributed by atoms with Gasteiger partial charge in [0.05, 0.1) is 7.11 Å². The Morgan fingerprint density at radius 1 is 0.731 bits per heavy atom. The molecule has 3 heteroatoms. The molecule has 0 radical (unpaired) electrons. The number of hydrogen-bond acceptors (Lipinski definition) is 3. The molecule has 0 aromatic heterocycles. The SMILES string of the molecule is COc1ccccc1CCNCc1ccccc1OCc1ccccc1. The van der Waals surface area contributed by atoms with E-state index in [2.05, 4.69) is 29.6 Å². The lowest BCUT2D eigenvalue weighted by molar-refractivity contribution is 0.302. The van der Waals surface area contributed by atoms with Gasteiger partial charge in [-0.2, -0.15) is 0 Å². The molecular formula is C23H25NO2. The molecule has 0 fully saturated rings. The lowest BCUT2D eigenvalue weighted by Gasteiger charge is -2.13. The van der Waals surface area contributed by atoms with Gasteiger partial charge in [-0.05, 0) is 36.2 Å². The molecule has 0 unspecified atom stereocenters. The third-order valence-electron chi connectivity index (χ3n) is 4.29. The van der Waals surface area contributed by atoms with E-state index < -0.39 is 0 Å². The molecule has 3 rings (SSSR count). The van der Waals surface area contributed by atoms with Gasteiger partial charge in [0.15, 0.2) is 0 Å². The van der Waals surface area contributed by atoms with E-state index in [1.54, 1.807) is 7.11 Å². The van der Waals surface area contributed by atoms with Crippen LogP contribution in [0.4, 0.5) is 0 Å². The molecule has 134 valence electrons. The van der Waals surface area contributed by atoms with Gasteiger partial charge >= 0.3 is 0 Å². The molecule has 0 atom stereocenters. The molecule has 0 saturated carbocycles. The Bertz CT molecular complexity index is 802. The highest BCUT2D eigenvalue weighted by molar-refractivity contribution is 5.34. The molecule has 0 bridgehead atoms. The van der Waals surface area contributed by atoms with Crippen molar-refractivity contribution in [1.82, 2.24) is 5.32 Å². The maximum atomic E-state index is 6.02. The number of hydrogen-bond donors (Lipinski definition) is 1. The molecule has 0 aliphatic rings. The average Bonchev–Trinajstić information content (AvgIpc) is 2.71. The van der Waals surface area contributed by atoms with E-state index in [9.17, 15) is 0 Å². The quantitative estimate of drug-likeness (QED) is 0.574. The molecule has 0 heterocycles. The van der Waals surface area contributed by atoms with Crippen molar-refractivity contribution < 1.29 is 9.47 Å². The summed E-state index contributed by atoms with van der Waals surface area (Å²) in [5.41, 5.74) is 3.56. The lowest BCUT2D eigenvalue weighted by Crippen LogP contribution is -2.17. The van der Waals surface area contributed by atoms with Crippen LogP contribution in [0.3, 0.4) is 0 Å². The van der Waals surface area contributed by atoms with Crippen LogP contribution in [0.25, 0.3) is 0 Å². The first-order valence-electron chi connectivity index (χ1n) is 8.94. The lowest BCUT2D eigenvalue weighted by atomic mass is 10.1. The molecular weight excluding hydrogens is 322 g/mol. The van der Waals surface area contributed by atoms with Crippen molar-refractivity contribution in [2.45, 2.75) is 19.6 Å². The topological polar surface area (TPSA) is 30.5 Å². The van der Waals surface area contributed by atoms with Gasteiger partial charge in [0.1, 0.15) is 18.1 Å². The summed E-state index contributed by atoms with van der Waals surface area (Å²) in [5.74, 6) is 1.88. The van der Waals surface area contributed by atoms with Crippen LogP contribution < -0.4 is 14.8 Å². The average molecular weight is 347 g/mol. The Labute approximate surface area is 155 Å². The van der Waals surface area contributed by atoms with E-state index in [4.69, 9.17) is 9.47 Å². The maximum Gasteiger partial charge on any atom is 0.124 e. The van der Waals surface area contributed by atoms with E-state index >= 15 is 0 Å². The Morgan fingerprint density at radius 3 is 2.15 bits per heavy atom. The van der Waals surface area contributed by atoms with E-state index in [1.807, 2.05) is 54.6 Å². The number of methoxy groups -OCH3 is 1. The molecule has 3 nitrogen and oxygen atoms in total. The van der Waals surface area contributed by atoms with Crippen LogP contribution in [0.15, 0.2) is 78.9 Å². The number of para-hydroxylation sites is 2. The first-order chi connectivity index (χ1) is 12.9. The zero-order chi connectivity index (χ0) is 18.0. The minimum atomic E-state index is 0.582. The van der Waals surface area contributed by atoms with E-state index in [-0.39, 0.29) is 0 Å². The predicted octanol–water partition coefficient (Wildman–Crippen LogP) is 4.61. The summed E-state index contributed by atoms with van der Waals surface area (Å²) in [6.45, 7) is 2.24. The smallest absolute Gasteiger partial charge is 0.124 e. The normalized spacial score (nSPS) is 10.5. The van der Waals surface area contributed by atoms with Gasteiger partial charge in [-0.25, -0.2) is 0 Å². The van der Waals surface area contributed by atoms with Gasteiger partial charge in [0.25, 0.3) is 0 Å². The van der Waals surface area contributed by atoms with Gasteiger partial charge in [0, 0.05) is 12.1 Å². The van der Waals surface area contributed by atoms with Crippen molar-refractivity contribution in [1.29, 1.82) is 0 Å². The molecule has 0 spiro atoms. The van der Waals surface area contributed by atoms with Crippen LogP contribution in [0.1, 0.15) is 16.7 Å². The van der Waals surface area contributed by atoms with Crippen molar-refractivity contribution >= 4 is 0 Å². The minimum absolute atomic E-state index is 0.582. The Morgan fingerprint density at radius 2 is 1.38 bits per heavy atom. The fourth-order valence-corrected chi connectivity index (χ4v) is 2.88. The Kier molecular flexibility index (Phi) is 6.68. The summed E-state index contributed by atoms with van der Waals surface area (Å²) in [7, 11) is 1.71. The van der Waals surface area contributed by atoms with Gasteiger partial charge in [0.2, 0.25) is 0 Å². The monoisotopic (exact) mass is 347 g/mol. The first-order valence-corrected chi connectivity index (χ1v) is 8.94. The zero-order valence-electron chi connectivity index (χ0n) is 15.2. The summed E-state index contributed by atoms with van der Waals surface area (Å²) in [6.07, 6.45) is 0.928. The summed E-state index contributed by atoms with van der Waals surface area (Å²) >= 11 is 0. The summed E-state index contributed by atoms with van der Waals surface area (Å²) < 4.78 is 11.4. The van der Waals surface area contributed by atoms with Gasteiger partial charge in [-0.1, -0.05) is 66.7 Å². The highest BCUT2D eigenvalue weighted by atomic mass is 16.5. The number of ether oxygens (including phenoxy) is 2. The van der Waals surface area contributed by atoms with Crippen LogP contribution in [0, 0.1) is 0 Å². The minimum Gasteiger partial charge on any atom is -0.496 e. The standard InChI is InChI=1S/C23H25NO2/c1-25-22-13-7-5-11-20(22)15-16-24-17-21-12-6-8-14-23(21)26-18-19-9-3-2-4-10-19/h2-14,24H,15-18H2,1H3. The van der Waals surface area contributed by atoms with E-state index in [0.29, 0.717) is 6.61 Å². The van der Waals surface area contributed by atoms with Crippen molar-refractivity contribution in [2.24, 2.45) is 0 Å². The fourth-order valence-electron chi connectivity index (χ4n) is 2.88. The zero-order valence-corrected chi connectivity index (χ0v) is 15.2. The van der Waals surface area contributed by atoms with Crippen LogP contribution in [-0.2, 0) is 19.6 Å². The van der Waals surface area contributed by atoms with Crippen molar-refractivity contribution in [3.05, 3.63) is 95.6 Å². The highest BCUT2D eigenvalue weighted by Gasteiger charge is 2.05. The molecule has 0 aliphatic carbocycles. The fraction of sp³-hybridized carbons (Fsp3) is 0.217. The van der Waals surface area contributed by atoms with Gasteiger partial charge in [-0.3, -0.25) is 0 Å². The number of benzene rings is 3. The summed E-state index contributed by atoms with van der Waals surface area (Å²) in [4.78, 5) is 0. The Hall–Kier alpha value is -2.78. The Balaban J connectivity index is 1.52. The molecule has 26 heavy (non-hydrogen) atoms. The second kappa shape index (κ2) is 9.64. The van der Waals surface area contributed by atoms with Crippen LogP contribution >= 0.6 is 0 Å². The maximum absolute atomic E-state index is 6.02. The third kappa shape index (κ3) is 5.11. The van der Waals surface area contributed by atoms with Gasteiger partial charge < -0.3 is 14.8 Å². The molecule has 0 aliphatic heterocycles. The van der Waals surface area contributed by atoms with Gasteiger partial charge in [-0.15, -0.1) is 0 Å². The van der Waals surface area contributed by atoms with E-state index in [0.717, 1.165) is 31.0 Å². The summed E-state index contributed by atoms with van der Waals surface area (Å²) in [5, 5.41) is 3.50. The summed E-state index contributed by atoms with van der Waals surface area (Å²) in [6, 6.07) is 26.6. The number of nitrogens with one attached hydrogen (secondary N) is 1. The van der Waals surface area contributed by atoms with Crippen molar-refractivity contribution in [3.63, 3.8) is 0 Å². The molecule has 3 aromatic carbocycles. The van der Waals surface area contributed by atoms with Crippen molar-refractivity contribution in [2.75, 3.05) is 13.7 Å². The number of rotatable bonds is 9. The predicted molar refractivity (Wildman–Crippen MR) is 106 cm³/mol. The molecule has 1 N–H and O–H groups in total. The second-order valence-corrected chi connectivity index (χ2v) is 6.12. The molecule has 3 aromatic rings. The first kappa shape index (κ1) is 18.0. The highest BCUT2D eigenvalue weighted by Crippen LogP contribution is 2.20. The largest absolute Gasteiger partial charge is 0.496 e. The second-order valence-electron chi connectivity index (χ2n) is 6.12. The third-order valence-corrected chi connectivity index (χ3v) is 4.29. The van der Waals surface area contributed by atoms with Crippen LogP contribution in [0.2, 0.25) is 0 Å². The van der Waals surface area contributed by atoms with E-state index in [1.165, 1.54) is 16.7 Å².